The van der Waals surface area contributed by atoms with E-state index in [-0.39, 0.29) is 26.1 Å². The molecule has 308 valence electrons. The van der Waals surface area contributed by atoms with Crippen molar-refractivity contribution in [3.05, 3.63) is 48.6 Å². The largest absolute Gasteiger partial charge is 0.756 e. The van der Waals surface area contributed by atoms with E-state index in [2.05, 4.69) is 56.4 Å². The lowest BCUT2D eigenvalue weighted by molar-refractivity contribution is -0.870. The second-order valence-electron chi connectivity index (χ2n) is 15.0. The molecule has 0 N–H and O–H groups in total. The summed E-state index contributed by atoms with van der Waals surface area (Å²) in [7, 11) is 1.13. The quantitative estimate of drug-likeness (QED) is 0.0202. The first-order valence-electron chi connectivity index (χ1n) is 20.8. The molecule has 53 heavy (non-hydrogen) atoms. The van der Waals surface area contributed by atoms with Crippen LogP contribution >= 0.6 is 7.82 Å². The highest BCUT2D eigenvalue weighted by molar-refractivity contribution is 7.45. The third-order valence-electron chi connectivity index (χ3n) is 8.60. The monoisotopic (exact) mass is 768 g/mol. The molecule has 1 unspecified atom stereocenters. The zero-order valence-electron chi connectivity index (χ0n) is 34.4. The van der Waals surface area contributed by atoms with Crippen LogP contribution in [0.1, 0.15) is 162 Å². The van der Waals surface area contributed by atoms with E-state index in [1.54, 1.807) is 0 Å². The molecule has 0 aromatic rings. The Morgan fingerprint density at radius 1 is 0.585 bits per heavy atom. The molecule has 9 nitrogen and oxygen atoms in total. The van der Waals surface area contributed by atoms with Gasteiger partial charge in [-0.1, -0.05) is 146 Å². The van der Waals surface area contributed by atoms with Gasteiger partial charge in [-0.15, -0.1) is 0 Å². The Kier molecular flexibility index (Phi) is 34.3. The first-order chi connectivity index (χ1) is 25.5. The molecular formula is C43H78NO8P. The second-order valence-corrected chi connectivity index (χ2v) is 16.4. The zero-order chi connectivity index (χ0) is 39.3. The highest BCUT2D eigenvalue weighted by Gasteiger charge is 2.21. The Bertz CT molecular complexity index is 1050. The molecule has 0 spiro atoms. The number of carbonyl (C=O) groups is 2. The van der Waals surface area contributed by atoms with Gasteiger partial charge in [-0.3, -0.25) is 14.2 Å². The highest BCUT2D eigenvalue weighted by Crippen LogP contribution is 2.38. The van der Waals surface area contributed by atoms with Gasteiger partial charge in [0.2, 0.25) is 0 Å². The van der Waals surface area contributed by atoms with Crippen LogP contribution in [0.25, 0.3) is 0 Å². The molecular weight excluding hydrogens is 689 g/mol. The summed E-state index contributed by atoms with van der Waals surface area (Å²) in [5, 5.41) is 0. The minimum Gasteiger partial charge on any atom is -0.756 e. The van der Waals surface area contributed by atoms with Crippen molar-refractivity contribution in [1.29, 1.82) is 0 Å². The molecule has 0 saturated carbocycles. The Labute approximate surface area is 324 Å². The topological polar surface area (TPSA) is 111 Å². The maximum absolute atomic E-state index is 12.6. The number of allylic oxidation sites excluding steroid dienone is 8. The van der Waals surface area contributed by atoms with Crippen molar-refractivity contribution in [2.75, 3.05) is 47.5 Å². The minimum absolute atomic E-state index is 0.0414. The molecule has 0 heterocycles. The van der Waals surface area contributed by atoms with Crippen LogP contribution < -0.4 is 4.89 Å². The van der Waals surface area contributed by atoms with Gasteiger partial charge in [0.1, 0.15) is 19.8 Å². The molecule has 0 aromatic heterocycles. The van der Waals surface area contributed by atoms with Gasteiger partial charge in [0, 0.05) is 12.8 Å². The molecule has 0 aromatic carbocycles. The average molecular weight is 768 g/mol. The van der Waals surface area contributed by atoms with Crippen molar-refractivity contribution in [2.45, 2.75) is 168 Å². The van der Waals surface area contributed by atoms with Crippen molar-refractivity contribution < 1.29 is 42.1 Å². The van der Waals surface area contributed by atoms with Crippen molar-refractivity contribution in [3.8, 4) is 0 Å². The first-order valence-corrected chi connectivity index (χ1v) is 22.3. The molecule has 2 atom stereocenters. The van der Waals surface area contributed by atoms with Crippen LogP contribution in [0.5, 0.6) is 0 Å². The number of nitrogens with zero attached hydrogens (tertiary/aromatic N) is 1. The first kappa shape index (κ1) is 51.0. The second kappa shape index (κ2) is 35.7. The number of rotatable bonds is 37. The summed E-state index contributed by atoms with van der Waals surface area (Å²) in [6.07, 6.45) is 40.0. The van der Waals surface area contributed by atoms with Crippen molar-refractivity contribution in [3.63, 3.8) is 0 Å². The summed E-state index contributed by atoms with van der Waals surface area (Å²) in [5.41, 5.74) is 0. The number of phosphoric acid groups is 1. The predicted octanol–water partition coefficient (Wildman–Crippen LogP) is 10.9. The fraction of sp³-hybridized carbons (Fsp3) is 0.767. The third kappa shape index (κ3) is 39.5. The molecule has 0 aliphatic heterocycles. The summed E-state index contributed by atoms with van der Waals surface area (Å²) < 4.78 is 33.7. The summed E-state index contributed by atoms with van der Waals surface area (Å²) >= 11 is 0. The lowest BCUT2D eigenvalue weighted by Crippen LogP contribution is -2.37. The maximum atomic E-state index is 12.6. The Balaban J connectivity index is 4.50. The summed E-state index contributed by atoms with van der Waals surface area (Å²) in [6, 6.07) is 0. The molecule has 0 amide bonds. The lowest BCUT2D eigenvalue weighted by atomic mass is 10.0. The minimum atomic E-state index is -4.63. The third-order valence-corrected chi connectivity index (χ3v) is 9.57. The van der Waals surface area contributed by atoms with Crippen molar-refractivity contribution in [1.82, 2.24) is 0 Å². The molecule has 0 saturated heterocycles. The Hall–Kier alpha value is -2.03. The number of carbonyl (C=O) groups excluding carboxylic acids is 2. The number of likely N-dealkylation sites (N-methyl/N-ethyl adjacent to an activating group) is 1. The fourth-order valence-corrected chi connectivity index (χ4v) is 6.02. The van der Waals surface area contributed by atoms with Gasteiger partial charge < -0.3 is 27.9 Å². The van der Waals surface area contributed by atoms with Crippen LogP contribution in [0.4, 0.5) is 0 Å². The molecule has 0 radical (unpaired) electrons. The number of hydrogen-bond donors (Lipinski definition) is 0. The van der Waals surface area contributed by atoms with Gasteiger partial charge in [0.25, 0.3) is 7.82 Å². The smallest absolute Gasteiger partial charge is 0.306 e. The maximum Gasteiger partial charge on any atom is 0.306 e. The van der Waals surface area contributed by atoms with Gasteiger partial charge in [0.15, 0.2) is 6.10 Å². The lowest BCUT2D eigenvalue weighted by Gasteiger charge is -2.28. The van der Waals surface area contributed by atoms with Gasteiger partial charge in [-0.05, 0) is 51.4 Å². The summed E-state index contributed by atoms with van der Waals surface area (Å²) in [6.45, 7) is 4.12. The SMILES string of the molecule is CCCCC/C=C/C/C=C/C/C=C/C/C=C/CCCC(=O)O[C@H](COC(=O)CCCCCCCCCCCCCC)COP(=O)([O-])OCC[N+](C)(C)C. The number of esters is 2. The van der Waals surface area contributed by atoms with E-state index in [1.165, 1.54) is 83.5 Å². The highest BCUT2D eigenvalue weighted by atomic mass is 31.2. The van der Waals surface area contributed by atoms with Crippen molar-refractivity contribution >= 4 is 19.8 Å². The molecule has 0 fully saturated rings. The van der Waals surface area contributed by atoms with Crippen LogP contribution in [0.3, 0.4) is 0 Å². The predicted molar refractivity (Wildman–Crippen MR) is 217 cm³/mol. The molecule has 0 aliphatic rings. The Morgan fingerprint density at radius 2 is 1.04 bits per heavy atom. The molecule has 0 bridgehead atoms. The molecule has 10 heteroatoms. The summed E-state index contributed by atoms with van der Waals surface area (Å²) in [4.78, 5) is 37.4. The van der Waals surface area contributed by atoms with E-state index in [0.717, 1.165) is 38.5 Å². The number of ether oxygens (including phenoxy) is 2. The van der Waals surface area contributed by atoms with Gasteiger partial charge >= 0.3 is 11.9 Å². The average Bonchev–Trinajstić information content (AvgIpc) is 3.10. The van der Waals surface area contributed by atoms with Crippen LogP contribution in [-0.4, -0.2) is 70.0 Å². The number of unbranched alkanes of at least 4 members (excludes halogenated alkanes) is 15. The van der Waals surface area contributed by atoms with Crippen LogP contribution in [0, 0.1) is 0 Å². The van der Waals surface area contributed by atoms with E-state index in [0.29, 0.717) is 23.9 Å². The van der Waals surface area contributed by atoms with Crippen molar-refractivity contribution in [2.24, 2.45) is 0 Å². The van der Waals surface area contributed by atoms with Gasteiger partial charge in [0.05, 0.1) is 27.7 Å². The van der Waals surface area contributed by atoms with Gasteiger partial charge in [-0.2, -0.15) is 0 Å². The van der Waals surface area contributed by atoms with E-state index < -0.39 is 32.5 Å². The van der Waals surface area contributed by atoms with Crippen LogP contribution in [0.2, 0.25) is 0 Å². The molecule has 0 aliphatic carbocycles. The normalized spacial score (nSPS) is 14.2. The van der Waals surface area contributed by atoms with E-state index >= 15 is 0 Å². The standard InChI is InChI=1S/C43H78NO8P/c1-6-8-10-12-14-16-18-20-21-22-23-24-26-28-30-32-34-36-43(46)52-41(40-51-53(47,48)50-38-37-44(3,4)5)39-49-42(45)35-33-31-29-27-25-19-17-15-13-11-9-7-2/h14,16,20-21,23-24,28,30,41H,6-13,15,17-19,22,25-27,29,31-40H2,1-5H3/b16-14+,21-20+,24-23+,30-28+/t41-/m1/s1. The van der Waals surface area contributed by atoms with Gasteiger partial charge in [-0.25, -0.2) is 0 Å². The van der Waals surface area contributed by atoms with Crippen LogP contribution in [0.15, 0.2) is 48.6 Å². The number of phosphoric ester groups is 1. The van der Waals surface area contributed by atoms with E-state index in [1.807, 2.05) is 27.2 Å². The zero-order valence-corrected chi connectivity index (χ0v) is 35.3. The summed E-state index contributed by atoms with van der Waals surface area (Å²) in [5.74, 6) is -0.902. The van der Waals surface area contributed by atoms with E-state index in [4.69, 9.17) is 18.5 Å². The van der Waals surface area contributed by atoms with Crippen LogP contribution in [-0.2, 0) is 32.7 Å². The molecule has 0 rings (SSSR count). The fourth-order valence-electron chi connectivity index (χ4n) is 5.29. The Morgan fingerprint density at radius 3 is 1.57 bits per heavy atom. The number of hydrogen-bond acceptors (Lipinski definition) is 8. The van der Waals surface area contributed by atoms with E-state index in [9.17, 15) is 19.0 Å². The number of quaternary nitrogens is 1.